The number of carbonyl (C=O) groups is 4. The first-order valence-electron chi connectivity index (χ1n) is 38.4. The van der Waals surface area contributed by atoms with Crippen molar-refractivity contribution in [2.45, 2.75) is 290 Å². The van der Waals surface area contributed by atoms with Gasteiger partial charge in [-0.05, 0) is 154 Å². The molecule has 19 heteroatoms. The van der Waals surface area contributed by atoms with Gasteiger partial charge in [0.25, 0.3) is 0 Å². The Morgan fingerprint density at radius 1 is 0.284 bits per heavy atom. The lowest BCUT2D eigenvalue weighted by Crippen LogP contribution is -2.30. The van der Waals surface area contributed by atoms with Gasteiger partial charge in [0.15, 0.2) is 12.2 Å². The molecular formula is C83H134O17P2. The van der Waals surface area contributed by atoms with E-state index in [0.29, 0.717) is 32.1 Å². The van der Waals surface area contributed by atoms with Crippen molar-refractivity contribution in [1.82, 2.24) is 0 Å². The van der Waals surface area contributed by atoms with Crippen molar-refractivity contribution in [3.05, 3.63) is 170 Å². The molecular weight excluding hydrogens is 1330 g/mol. The van der Waals surface area contributed by atoms with Crippen LogP contribution < -0.4 is 0 Å². The number of esters is 4. The number of aliphatic hydroxyl groups is 1. The fourth-order valence-electron chi connectivity index (χ4n) is 9.43. The third kappa shape index (κ3) is 72.8. The van der Waals surface area contributed by atoms with Crippen LogP contribution in [0.15, 0.2) is 170 Å². The number of phosphoric acid groups is 2. The van der Waals surface area contributed by atoms with Crippen molar-refractivity contribution >= 4 is 39.5 Å². The average molecular weight is 1470 g/mol. The van der Waals surface area contributed by atoms with Gasteiger partial charge in [0.2, 0.25) is 0 Å². The molecule has 0 fully saturated rings. The smallest absolute Gasteiger partial charge is 0.462 e. The standard InChI is InChI=1S/C83H134O17P2/c1-5-9-13-17-21-25-29-33-36-37-38-39-42-45-48-52-56-60-64-68-81(86)94-73-78(99-82(87)69-65-61-57-53-49-43-32-28-24-20-16-12-8-4)75-97-101(89,90)95-71-77(84)72-96-102(91,92)98-76-79(100-83(88)70-66-62-58-54-50-46-41-35-31-27-23-19-15-11-7-3)74-93-80(85)67-63-59-55-51-47-44-40-34-30-26-22-18-14-10-6-2/h9-11,13-16,20-23,25-28,32-36,38-41,45,48,56,60,77-79,84H,5-8,12,17-19,24,29-31,37,42-44,46-47,49-55,57-59,61-76H2,1-4H3,(H,89,90)(H,91,92)/b13-9-,14-10-,15-11-,20-16-,25-21-,26-22-,27-23-,32-28-,36-33-,39-38-,40-34-,41-35-,48-45-,60-56-. The molecule has 0 aliphatic heterocycles. The second kappa shape index (κ2) is 73.7. The molecule has 5 atom stereocenters. The van der Waals surface area contributed by atoms with Crippen LogP contribution in [-0.2, 0) is 65.4 Å². The van der Waals surface area contributed by atoms with Crippen LogP contribution in [-0.4, -0.2) is 96.7 Å². The molecule has 5 unspecified atom stereocenters. The van der Waals surface area contributed by atoms with Crippen molar-refractivity contribution in [1.29, 1.82) is 0 Å². The molecule has 0 aliphatic rings. The Labute approximate surface area is 616 Å². The highest BCUT2D eigenvalue weighted by molar-refractivity contribution is 7.47. The summed E-state index contributed by atoms with van der Waals surface area (Å²) >= 11 is 0. The molecule has 0 heterocycles. The Bertz CT molecular complexity index is 2600. The van der Waals surface area contributed by atoms with Gasteiger partial charge in [0, 0.05) is 25.7 Å². The van der Waals surface area contributed by atoms with Crippen LogP contribution in [0.3, 0.4) is 0 Å². The van der Waals surface area contributed by atoms with Gasteiger partial charge in [-0.3, -0.25) is 37.3 Å². The zero-order valence-corrected chi connectivity index (χ0v) is 64.8. The highest BCUT2D eigenvalue weighted by atomic mass is 31.2. The van der Waals surface area contributed by atoms with Crippen LogP contribution in [0.5, 0.6) is 0 Å². The highest BCUT2D eigenvalue weighted by Crippen LogP contribution is 2.45. The molecule has 0 aromatic heterocycles. The molecule has 578 valence electrons. The summed E-state index contributed by atoms with van der Waals surface area (Å²) < 4.78 is 68.4. The number of hydrogen-bond acceptors (Lipinski definition) is 15. The Hall–Kier alpha value is -5.58. The van der Waals surface area contributed by atoms with Crippen molar-refractivity contribution in [2.75, 3.05) is 39.6 Å². The average Bonchev–Trinajstić information content (AvgIpc) is 0.908. The number of aliphatic hydroxyl groups excluding tert-OH is 1. The molecule has 0 rings (SSSR count). The second-order valence-corrected chi connectivity index (χ2v) is 27.7. The van der Waals surface area contributed by atoms with Gasteiger partial charge in [-0.25, -0.2) is 9.13 Å². The molecule has 102 heavy (non-hydrogen) atoms. The van der Waals surface area contributed by atoms with E-state index < -0.39 is 97.5 Å². The number of ether oxygens (including phenoxy) is 4. The minimum Gasteiger partial charge on any atom is -0.462 e. The summed E-state index contributed by atoms with van der Waals surface area (Å²) in [5.41, 5.74) is 0. The molecule has 0 saturated carbocycles. The first-order valence-corrected chi connectivity index (χ1v) is 41.4. The van der Waals surface area contributed by atoms with Crippen LogP contribution >= 0.6 is 15.6 Å². The summed E-state index contributed by atoms with van der Waals surface area (Å²) in [5.74, 6) is -2.34. The van der Waals surface area contributed by atoms with Crippen molar-refractivity contribution in [3.8, 4) is 0 Å². The first kappa shape index (κ1) is 96.4. The molecule has 17 nitrogen and oxygen atoms in total. The largest absolute Gasteiger partial charge is 0.472 e. The van der Waals surface area contributed by atoms with Gasteiger partial charge in [0.1, 0.15) is 19.3 Å². The number of hydrogen-bond donors (Lipinski definition) is 3. The van der Waals surface area contributed by atoms with Gasteiger partial charge < -0.3 is 33.8 Å². The maximum absolute atomic E-state index is 13.1. The predicted molar refractivity (Wildman–Crippen MR) is 417 cm³/mol. The molecule has 0 aromatic rings. The molecule has 0 bridgehead atoms. The van der Waals surface area contributed by atoms with Crippen LogP contribution in [0.4, 0.5) is 0 Å². The highest BCUT2D eigenvalue weighted by Gasteiger charge is 2.30. The zero-order chi connectivity index (χ0) is 74.6. The summed E-state index contributed by atoms with van der Waals surface area (Å²) in [7, 11) is -10.0. The predicted octanol–water partition coefficient (Wildman–Crippen LogP) is 22.2. The lowest BCUT2D eigenvalue weighted by molar-refractivity contribution is -0.161. The Balaban J connectivity index is 5.46. The van der Waals surface area contributed by atoms with E-state index in [2.05, 4.69) is 180 Å². The monoisotopic (exact) mass is 1460 g/mol. The lowest BCUT2D eigenvalue weighted by Gasteiger charge is -2.21. The fourth-order valence-corrected chi connectivity index (χ4v) is 11.0. The van der Waals surface area contributed by atoms with Gasteiger partial charge in [-0.2, -0.15) is 0 Å². The number of carbonyl (C=O) groups excluding carboxylic acids is 4. The van der Waals surface area contributed by atoms with E-state index in [1.165, 1.54) is 0 Å². The van der Waals surface area contributed by atoms with Gasteiger partial charge in [0.05, 0.1) is 26.4 Å². The van der Waals surface area contributed by atoms with E-state index in [1.54, 1.807) is 0 Å². The number of phosphoric ester groups is 2. The van der Waals surface area contributed by atoms with Crippen molar-refractivity contribution in [2.24, 2.45) is 0 Å². The summed E-state index contributed by atoms with van der Waals surface area (Å²) in [4.78, 5) is 72.9. The van der Waals surface area contributed by atoms with Crippen LogP contribution in [0.2, 0.25) is 0 Å². The molecule has 0 aliphatic carbocycles. The first-order chi connectivity index (χ1) is 49.7. The number of rotatable bonds is 70. The van der Waals surface area contributed by atoms with E-state index >= 15 is 0 Å². The van der Waals surface area contributed by atoms with Gasteiger partial charge in [-0.1, -0.05) is 262 Å². The third-order valence-electron chi connectivity index (χ3n) is 15.2. The molecule has 0 amide bonds. The molecule has 0 radical (unpaired) electrons. The van der Waals surface area contributed by atoms with E-state index in [1.807, 2.05) is 18.2 Å². The van der Waals surface area contributed by atoms with Crippen LogP contribution in [0.25, 0.3) is 0 Å². The number of allylic oxidation sites excluding steroid dienone is 28. The second-order valence-electron chi connectivity index (χ2n) is 24.8. The maximum atomic E-state index is 13.1. The molecule has 0 saturated heterocycles. The van der Waals surface area contributed by atoms with Crippen LogP contribution in [0, 0.1) is 0 Å². The normalized spacial score (nSPS) is 14.9. The molecule has 3 N–H and O–H groups in total. The molecule has 0 aromatic carbocycles. The van der Waals surface area contributed by atoms with E-state index in [0.717, 1.165) is 186 Å². The lowest BCUT2D eigenvalue weighted by atomic mass is 10.1. The van der Waals surface area contributed by atoms with Crippen molar-refractivity contribution in [3.63, 3.8) is 0 Å². The Morgan fingerprint density at radius 2 is 0.529 bits per heavy atom. The van der Waals surface area contributed by atoms with Gasteiger partial charge in [-0.15, -0.1) is 0 Å². The minimum atomic E-state index is -5.00. The maximum Gasteiger partial charge on any atom is 0.472 e. The van der Waals surface area contributed by atoms with E-state index in [4.69, 9.17) is 37.0 Å². The zero-order valence-electron chi connectivity index (χ0n) is 63.0. The van der Waals surface area contributed by atoms with E-state index in [9.17, 15) is 43.2 Å². The minimum absolute atomic E-state index is 0.0269. The quantitative estimate of drug-likeness (QED) is 0.0169. The van der Waals surface area contributed by atoms with Crippen LogP contribution in [0.1, 0.15) is 272 Å². The summed E-state index contributed by atoms with van der Waals surface area (Å²) in [6.07, 6.45) is 86.4. The fraction of sp³-hybridized carbons (Fsp3) is 0.614. The summed E-state index contributed by atoms with van der Waals surface area (Å²) in [6, 6.07) is 0. The summed E-state index contributed by atoms with van der Waals surface area (Å²) in [6.45, 7) is 4.30. The SMILES string of the molecule is CC/C=C\C/C=C\C/C=C\C/C=C\C/C=C\C/C=C\CCC(=O)OCC(COP(=O)(O)OCC(O)COP(=O)(O)OCC(COC(=O)CCCCCCC/C=C\C/C=C\C/C=C\CC)OC(=O)CCCCCCC/C=C\C/C=C\C/C=C\CC)OC(=O)CCCCCCC/C=C\C/C=C\CCC. The topological polar surface area (TPSA) is 237 Å². The third-order valence-corrected chi connectivity index (χ3v) is 17.1. The molecule has 0 spiro atoms. The van der Waals surface area contributed by atoms with Crippen molar-refractivity contribution < 1.29 is 80.2 Å². The number of unbranched alkanes of at least 4 members (excludes halogenated alkanes) is 16. The Morgan fingerprint density at radius 3 is 0.843 bits per heavy atom. The van der Waals surface area contributed by atoms with E-state index in [-0.39, 0.29) is 25.7 Å². The van der Waals surface area contributed by atoms with Gasteiger partial charge >= 0.3 is 39.5 Å². The Kier molecular flexibility index (Phi) is 69.7. The summed E-state index contributed by atoms with van der Waals surface area (Å²) in [5, 5.41) is 10.6.